The maximum absolute atomic E-state index is 12.5. The lowest BCUT2D eigenvalue weighted by atomic mass is 9.77. The van der Waals surface area contributed by atoms with Crippen molar-refractivity contribution in [2.45, 2.75) is 43.7 Å². The van der Waals surface area contributed by atoms with Gasteiger partial charge in [-0.2, -0.15) is 0 Å². The highest BCUT2D eigenvalue weighted by molar-refractivity contribution is 5.87. The number of benzene rings is 2. The first-order valence-corrected chi connectivity index (χ1v) is 8.57. The highest BCUT2D eigenvalue weighted by atomic mass is 16.5. The van der Waals surface area contributed by atoms with E-state index in [1.165, 1.54) is 0 Å². The molecule has 0 saturated heterocycles. The minimum Gasteiger partial charge on any atom is -0.481 e. The predicted octanol–water partition coefficient (Wildman–Crippen LogP) is 3.43. The highest BCUT2D eigenvalue weighted by Crippen LogP contribution is 2.38. The minimum absolute atomic E-state index is 0.153. The molecule has 0 aliphatic heterocycles. The molecule has 5 nitrogen and oxygen atoms in total. The van der Waals surface area contributed by atoms with E-state index in [0.717, 1.165) is 35.6 Å². The van der Waals surface area contributed by atoms with Crippen molar-refractivity contribution in [2.75, 3.05) is 7.11 Å². The van der Waals surface area contributed by atoms with Crippen LogP contribution in [0, 0.1) is 0 Å². The van der Waals surface area contributed by atoms with Gasteiger partial charge in [-0.3, -0.25) is 9.59 Å². The second-order valence-corrected chi connectivity index (χ2v) is 6.70. The Kier molecular flexibility index (Phi) is 5.04. The van der Waals surface area contributed by atoms with E-state index in [0.29, 0.717) is 0 Å². The molecule has 1 aliphatic rings. The van der Waals surface area contributed by atoms with Crippen LogP contribution in [0.5, 0.6) is 0 Å². The zero-order valence-corrected chi connectivity index (χ0v) is 14.3. The van der Waals surface area contributed by atoms with Gasteiger partial charge in [-0.1, -0.05) is 42.5 Å². The first-order chi connectivity index (χ1) is 12.0. The van der Waals surface area contributed by atoms with Crippen LogP contribution in [0.4, 0.5) is 0 Å². The van der Waals surface area contributed by atoms with Crippen molar-refractivity contribution in [3.8, 4) is 0 Å². The highest BCUT2D eigenvalue weighted by Gasteiger charge is 2.39. The number of carboxylic acids is 1. The largest absolute Gasteiger partial charge is 0.481 e. The number of carbonyl (C=O) groups excluding carboxylic acids is 1. The third kappa shape index (κ3) is 3.82. The third-order valence-electron chi connectivity index (χ3n) is 5.09. The van der Waals surface area contributed by atoms with Crippen molar-refractivity contribution in [3.05, 3.63) is 48.0 Å². The molecule has 2 aromatic rings. The molecule has 0 spiro atoms. The quantitative estimate of drug-likeness (QED) is 0.809. The summed E-state index contributed by atoms with van der Waals surface area (Å²) in [6.45, 7) is 0. The van der Waals surface area contributed by atoms with Crippen LogP contribution in [0.1, 0.15) is 43.7 Å². The molecule has 1 amide bonds. The summed E-state index contributed by atoms with van der Waals surface area (Å²) < 4.78 is 5.51. The fourth-order valence-electron chi connectivity index (χ4n) is 3.53. The number of ether oxygens (including phenoxy) is 1. The average molecular weight is 341 g/mol. The van der Waals surface area contributed by atoms with Crippen molar-refractivity contribution in [1.29, 1.82) is 0 Å². The Morgan fingerprint density at radius 1 is 1.20 bits per heavy atom. The first kappa shape index (κ1) is 17.4. The lowest BCUT2D eigenvalue weighted by Crippen LogP contribution is -2.44. The molecule has 132 valence electrons. The van der Waals surface area contributed by atoms with E-state index >= 15 is 0 Å². The van der Waals surface area contributed by atoms with Gasteiger partial charge >= 0.3 is 5.97 Å². The van der Waals surface area contributed by atoms with E-state index in [1.807, 2.05) is 42.5 Å². The molecular weight excluding hydrogens is 318 g/mol. The zero-order chi connectivity index (χ0) is 17.9. The Hall–Kier alpha value is -2.40. The predicted molar refractivity (Wildman–Crippen MR) is 95.3 cm³/mol. The number of methoxy groups -OCH3 is 1. The normalized spacial score (nSPS) is 16.8. The van der Waals surface area contributed by atoms with Crippen molar-refractivity contribution < 1.29 is 19.4 Å². The molecule has 1 aliphatic carbocycles. The first-order valence-electron chi connectivity index (χ1n) is 8.57. The van der Waals surface area contributed by atoms with Crippen molar-refractivity contribution in [2.24, 2.45) is 0 Å². The van der Waals surface area contributed by atoms with Crippen LogP contribution >= 0.6 is 0 Å². The smallest absolute Gasteiger partial charge is 0.305 e. The Morgan fingerprint density at radius 2 is 1.92 bits per heavy atom. The van der Waals surface area contributed by atoms with Gasteiger partial charge in [0.25, 0.3) is 0 Å². The molecule has 1 fully saturated rings. The van der Waals surface area contributed by atoms with E-state index in [1.54, 1.807) is 7.11 Å². The summed E-state index contributed by atoms with van der Waals surface area (Å²) in [5.74, 6) is -1.11. The van der Waals surface area contributed by atoms with E-state index in [2.05, 4.69) is 5.32 Å². The zero-order valence-electron chi connectivity index (χ0n) is 14.3. The van der Waals surface area contributed by atoms with Gasteiger partial charge in [0.05, 0.1) is 24.5 Å². The number of nitrogens with one attached hydrogen (secondary N) is 1. The third-order valence-corrected chi connectivity index (χ3v) is 5.09. The van der Waals surface area contributed by atoms with Crippen LogP contribution in [0.3, 0.4) is 0 Å². The van der Waals surface area contributed by atoms with Crippen LogP contribution in [-0.4, -0.2) is 29.7 Å². The number of carbonyl (C=O) groups is 2. The van der Waals surface area contributed by atoms with Gasteiger partial charge in [0.1, 0.15) is 0 Å². The van der Waals surface area contributed by atoms with Crippen LogP contribution in [-0.2, 0) is 14.3 Å². The van der Waals surface area contributed by atoms with Gasteiger partial charge in [0, 0.05) is 7.11 Å². The van der Waals surface area contributed by atoms with Gasteiger partial charge in [0.15, 0.2) is 0 Å². The Morgan fingerprint density at radius 3 is 2.56 bits per heavy atom. The number of amides is 1. The van der Waals surface area contributed by atoms with Gasteiger partial charge in [-0.05, 0) is 35.6 Å². The number of fused-ring (bicyclic) bond motifs is 1. The Bertz CT molecular complexity index is 771. The Balaban J connectivity index is 1.84. The second kappa shape index (κ2) is 7.23. The molecule has 0 bridgehead atoms. The molecule has 1 atom stereocenters. The van der Waals surface area contributed by atoms with Gasteiger partial charge < -0.3 is 15.2 Å². The van der Waals surface area contributed by atoms with Gasteiger partial charge in [-0.25, -0.2) is 0 Å². The summed E-state index contributed by atoms with van der Waals surface area (Å²) in [5, 5.41) is 14.2. The Labute approximate surface area is 147 Å². The van der Waals surface area contributed by atoms with E-state index < -0.39 is 12.0 Å². The fraction of sp³-hybridized carbons (Fsp3) is 0.400. The van der Waals surface area contributed by atoms with Crippen LogP contribution in [0.2, 0.25) is 0 Å². The molecular formula is C20H23NO4. The second-order valence-electron chi connectivity index (χ2n) is 6.70. The summed E-state index contributed by atoms with van der Waals surface area (Å²) in [6.07, 6.45) is 2.91. The van der Waals surface area contributed by atoms with E-state index in [-0.39, 0.29) is 24.3 Å². The van der Waals surface area contributed by atoms with Crippen molar-refractivity contribution in [1.82, 2.24) is 5.32 Å². The maximum Gasteiger partial charge on any atom is 0.305 e. The average Bonchev–Trinajstić information content (AvgIpc) is 2.56. The standard InChI is InChI=1S/C20H23NO4/c1-25-20(10-5-11-20)13-18(22)21-17(12-19(23)24)16-9-4-7-14-6-2-3-8-15(14)16/h2-4,6-9,17H,5,10-13H2,1H3,(H,21,22)(H,23,24)/t17-/m1/s1. The maximum atomic E-state index is 12.5. The van der Waals surface area contributed by atoms with Crippen molar-refractivity contribution >= 4 is 22.6 Å². The van der Waals surface area contributed by atoms with Crippen LogP contribution in [0.15, 0.2) is 42.5 Å². The molecule has 0 radical (unpaired) electrons. The van der Waals surface area contributed by atoms with Crippen molar-refractivity contribution in [3.63, 3.8) is 0 Å². The molecule has 2 aromatic carbocycles. The molecule has 0 aromatic heterocycles. The molecule has 5 heteroatoms. The number of aliphatic carboxylic acids is 1. The van der Waals surface area contributed by atoms with Gasteiger partial charge in [0.2, 0.25) is 5.91 Å². The number of hydrogen-bond donors (Lipinski definition) is 2. The van der Waals surface area contributed by atoms with E-state index in [4.69, 9.17) is 4.74 Å². The summed E-state index contributed by atoms with van der Waals surface area (Å²) in [5.41, 5.74) is 0.449. The molecule has 1 saturated carbocycles. The van der Waals surface area contributed by atoms with Crippen LogP contribution in [0.25, 0.3) is 10.8 Å². The molecule has 3 rings (SSSR count). The summed E-state index contributed by atoms with van der Waals surface area (Å²) in [6, 6.07) is 13.0. The molecule has 2 N–H and O–H groups in total. The fourth-order valence-corrected chi connectivity index (χ4v) is 3.53. The lowest BCUT2D eigenvalue weighted by Gasteiger charge is -2.40. The number of carboxylic acid groups (broad SMARTS) is 1. The molecule has 25 heavy (non-hydrogen) atoms. The summed E-state index contributed by atoms with van der Waals surface area (Å²) in [4.78, 5) is 23.9. The summed E-state index contributed by atoms with van der Waals surface area (Å²) >= 11 is 0. The summed E-state index contributed by atoms with van der Waals surface area (Å²) in [7, 11) is 1.63. The molecule has 0 unspecified atom stereocenters. The van der Waals surface area contributed by atoms with Gasteiger partial charge in [-0.15, -0.1) is 0 Å². The monoisotopic (exact) mass is 341 g/mol. The molecule has 0 heterocycles. The van der Waals surface area contributed by atoms with Crippen LogP contribution < -0.4 is 5.32 Å². The SMILES string of the molecule is COC1(CC(=O)N[C@H](CC(=O)O)c2cccc3ccccc23)CCC1. The number of rotatable bonds is 7. The van der Waals surface area contributed by atoms with E-state index in [9.17, 15) is 14.7 Å². The minimum atomic E-state index is -0.941. The topological polar surface area (TPSA) is 75.6 Å². The number of hydrogen-bond acceptors (Lipinski definition) is 3. The lowest BCUT2D eigenvalue weighted by molar-refractivity contribution is -0.138.